The molecule has 4 atom stereocenters. The maximum absolute atomic E-state index is 6.32. The second-order valence-electron chi connectivity index (χ2n) is 7.55. The molecule has 0 aromatic heterocycles. The van der Waals surface area contributed by atoms with E-state index in [0.717, 1.165) is 16.7 Å². The van der Waals surface area contributed by atoms with Crippen LogP contribution in [0.3, 0.4) is 0 Å². The van der Waals surface area contributed by atoms with Crippen LogP contribution in [0.15, 0.2) is 91.0 Å². The fourth-order valence-corrected chi connectivity index (χ4v) is 4.32. The summed E-state index contributed by atoms with van der Waals surface area (Å²) in [7, 11) is 0. The van der Waals surface area contributed by atoms with Gasteiger partial charge in [0.1, 0.15) is 23.3 Å². The van der Waals surface area contributed by atoms with E-state index in [0.29, 0.717) is 26.4 Å². The van der Waals surface area contributed by atoms with E-state index in [1.165, 1.54) is 0 Å². The van der Waals surface area contributed by atoms with Gasteiger partial charge in [-0.25, -0.2) is 0 Å². The first kappa shape index (κ1) is 22.2. The minimum Gasteiger partial charge on any atom is -0.374 e. The monoisotopic (exact) mass is 482 g/mol. The second-order valence-corrected chi connectivity index (χ2v) is 8.45. The molecule has 5 heteroatoms. The van der Waals surface area contributed by atoms with Crippen molar-refractivity contribution in [3.8, 4) is 0 Å². The van der Waals surface area contributed by atoms with Crippen molar-refractivity contribution in [2.24, 2.45) is 0 Å². The Kier molecular flexibility index (Phi) is 8.27. The van der Waals surface area contributed by atoms with Crippen molar-refractivity contribution in [2.75, 3.05) is 6.61 Å². The summed E-state index contributed by atoms with van der Waals surface area (Å²) in [5, 5.41) is -0.262. The van der Waals surface area contributed by atoms with Crippen molar-refractivity contribution in [3.63, 3.8) is 0 Å². The van der Waals surface area contributed by atoms with Crippen LogP contribution in [0.2, 0.25) is 0 Å². The standard InChI is InChI=1S/C26H27BrO4/c27-26-25(30-18-22-14-8-3-9-15-22)24(29-17-21-12-6-2-7-13-21)23(31-26)19-28-16-20-10-4-1-5-11-20/h1-15,23-26H,16-19H2/t23-,24-,25+,26?/m0/s1. The Balaban J connectivity index is 1.39. The first-order valence-corrected chi connectivity index (χ1v) is 11.4. The summed E-state index contributed by atoms with van der Waals surface area (Å²) in [5.41, 5.74) is 3.37. The zero-order valence-corrected chi connectivity index (χ0v) is 18.9. The summed E-state index contributed by atoms with van der Waals surface area (Å²) in [6.07, 6.45) is -0.712. The molecule has 1 fully saturated rings. The van der Waals surface area contributed by atoms with E-state index in [9.17, 15) is 0 Å². The third kappa shape index (κ3) is 6.48. The van der Waals surface area contributed by atoms with E-state index in [2.05, 4.69) is 52.3 Å². The lowest BCUT2D eigenvalue weighted by molar-refractivity contribution is -0.0895. The highest BCUT2D eigenvalue weighted by atomic mass is 79.9. The zero-order valence-electron chi connectivity index (χ0n) is 17.3. The molecule has 1 heterocycles. The summed E-state index contributed by atoms with van der Waals surface area (Å²) in [5.74, 6) is 0. The third-order valence-electron chi connectivity index (χ3n) is 5.22. The largest absolute Gasteiger partial charge is 0.374 e. The minimum atomic E-state index is -0.262. The van der Waals surface area contributed by atoms with Crippen LogP contribution in [0.4, 0.5) is 0 Å². The van der Waals surface area contributed by atoms with Gasteiger partial charge in [-0.1, -0.05) is 107 Å². The molecule has 31 heavy (non-hydrogen) atoms. The van der Waals surface area contributed by atoms with Gasteiger partial charge in [-0.2, -0.15) is 0 Å². The predicted molar refractivity (Wildman–Crippen MR) is 124 cm³/mol. The molecule has 4 nitrogen and oxygen atoms in total. The molecule has 3 aromatic rings. The van der Waals surface area contributed by atoms with Gasteiger partial charge in [0.25, 0.3) is 0 Å². The molecule has 4 rings (SSSR count). The van der Waals surface area contributed by atoms with E-state index in [4.69, 9.17) is 18.9 Å². The molecule has 0 radical (unpaired) electrons. The highest BCUT2D eigenvalue weighted by Gasteiger charge is 2.45. The van der Waals surface area contributed by atoms with Crippen LogP contribution in [-0.4, -0.2) is 29.9 Å². The van der Waals surface area contributed by atoms with Crippen molar-refractivity contribution in [3.05, 3.63) is 108 Å². The van der Waals surface area contributed by atoms with Crippen molar-refractivity contribution >= 4 is 15.9 Å². The molecule has 0 saturated carbocycles. The summed E-state index contributed by atoms with van der Waals surface area (Å²) in [4.78, 5) is 0. The van der Waals surface area contributed by atoms with Gasteiger partial charge in [0, 0.05) is 0 Å². The summed E-state index contributed by atoms with van der Waals surface area (Å²) < 4.78 is 24.7. The smallest absolute Gasteiger partial charge is 0.141 e. The summed E-state index contributed by atoms with van der Waals surface area (Å²) in [6, 6.07) is 30.4. The number of rotatable bonds is 10. The van der Waals surface area contributed by atoms with Crippen LogP contribution >= 0.6 is 15.9 Å². The van der Waals surface area contributed by atoms with Crippen LogP contribution in [0.1, 0.15) is 16.7 Å². The van der Waals surface area contributed by atoms with Crippen LogP contribution in [0.25, 0.3) is 0 Å². The molecule has 0 amide bonds. The second kappa shape index (κ2) is 11.6. The Morgan fingerprint density at radius 2 is 1.06 bits per heavy atom. The lowest BCUT2D eigenvalue weighted by Crippen LogP contribution is -2.38. The van der Waals surface area contributed by atoms with Gasteiger partial charge in [0.15, 0.2) is 0 Å². The first-order valence-electron chi connectivity index (χ1n) is 10.5. The quantitative estimate of drug-likeness (QED) is 0.357. The molecule has 0 spiro atoms. The van der Waals surface area contributed by atoms with E-state index >= 15 is 0 Å². The van der Waals surface area contributed by atoms with Crippen LogP contribution in [0.5, 0.6) is 0 Å². The highest BCUT2D eigenvalue weighted by molar-refractivity contribution is 9.09. The Hall–Kier alpha value is -2.02. The Bertz CT molecular complexity index is 891. The molecular formula is C26H27BrO4. The van der Waals surface area contributed by atoms with Crippen molar-refractivity contribution in [1.29, 1.82) is 0 Å². The van der Waals surface area contributed by atoms with Crippen LogP contribution < -0.4 is 0 Å². The normalized spacial score (nSPS) is 23.1. The van der Waals surface area contributed by atoms with E-state index < -0.39 is 0 Å². The lowest BCUT2D eigenvalue weighted by atomic mass is 10.1. The average molecular weight is 483 g/mol. The molecule has 0 aliphatic carbocycles. The molecule has 0 N–H and O–H groups in total. The van der Waals surface area contributed by atoms with Crippen LogP contribution in [0, 0.1) is 0 Å². The maximum Gasteiger partial charge on any atom is 0.141 e. The van der Waals surface area contributed by atoms with Crippen molar-refractivity contribution < 1.29 is 18.9 Å². The number of hydrogen-bond acceptors (Lipinski definition) is 4. The van der Waals surface area contributed by atoms with Crippen molar-refractivity contribution in [2.45, 2.75) is 43.1 Å². The molecular weight excluding hydrogens is 456 g/mol. The first-order chi connectivity index (χ1) is 15.3. The maximum atomic E-state index is 6.32. The Morgan fingerprint density at radius 1 is 0.613 bits per heavy atom. The minimum absolute atomic E-state index is 0.224. The predicted octanol–water partition coefficient (Wildman–Crippen LogP) is 5.49. The highest BCUT2D eigenvalue weighted by Crippen LogP contribution is 2.32. The number of ether oxygens (including phenoxy) is 4. The molecule has 1 aliphatic heterocycles. The van der Waals surface area contributed by atoms with E-state index in [-0.39, 0.29) is 23.3 Å². The number of benzene rings is 3. The van der Waals surface area contributed by atoms with Gasteiger partial charge < -0.3 is 18.9 Å². The molecule has 162 valence electrons. The van der Waals surface area contributed by atoms with Gasteiger partial charge in [0.2, 0.25) is 0 Å². The number of halogens is 1. The van der Waals surface area contributed by atoms with Crippen LogP contribution in [-0.2, 0) is 38.8 Å². The summed E-state index contributed by atoms with van der Waals surface area (Å²) in [6.45, 7) is 1.96. The number of hydrogen-bond donors (Lipinski definition) is 0. The molecule has 0 bridgehead atoms. The van der Waals surface area contributed by atoms with E-state index in [1.54, 1.807) is 0 Å². The average Bonchev–Trinajstić information content (AvgIpc) is 3.12. The van der Waals surface area contributed by atoms with Crippen molar-refractivity contribution in [1.82, 2.24) is 0 Å². The fraction of sp³-hybridized carbons (Fsp3) is 0.308. The lowest BCUT2D eigenvalue weighted by Gasteiger charge is -2.24. The molecule has 3 aromatic carbocycles. The summed E-state index contributed by atoms with van der Waals surface area (Å²) >= 11 is 3.64. The van der Waals surface area contributed by atoms with Gasteiger partial charge in [-0.3, -0.25) is 0 Å². The molecule has 1 unspecified atom stereocenters. The topological polar surface area (TPSA) is 36.9 Å². The Morgan fingerprint density at radius 3 is 1.58 bits per heavy atom. The van der Waals surface area contributed by atoms with Gasteiger partial charge in [-0.05, 0) is 16.7 Å². The van der Waals surface area contributed by atoms with Gasteiger partial charge in [-0.15, -0.1) is 0 Å². The Labute approximate surface area is 192 Å². The van der Waals surface area contributed by atoms with Gasteiger partial charge in [0.05, 0.1) is 26.4 Å². The third-order valence-corrected chi connectivity index (χ3v) is 5.95. The van der Waals surface area contributed by atoms with E-state index in [1.807, 2.05) is 54.6 Å². The molecule has 1 aliphatic rings. The zero-order chi connectivity index (χ0) is 21.3. The SMILES string of the molecule is BrC1O[C@@H](COCc2ccccc2)[C@H](OCc2ccccc2)[C@H]1OCc1ccccc1. The number of alkyl halides is 1. The fourth-order valence-electron chi connectivity index (χ4n) is 3.59. The van der Waals surface area contributed by atoms with Gasteiger partial charge >= 0.3 is 0 Å². The molecule has 1 saturated heterocycles.